The van der Waals surface area contributed by atoms with Crippen molar-refractivity contribution in [2.24, 2.45) is 0 Å². The minimum Gasteiger partial charge on any atom is -0.445 e. The van der Waals surface area contributed by atoms with Gasteiger partial charge in [0.1, 0.15) is 6.61 Å². The number of benzene rings is 2. The van der Waals surface area contributed by atoms with Crippen LogP contribution in [0, 0.1) is 0 Å². The number of carbonyl (C=O) groups is 1. The zero-order chi connectivity index (χ0) is 18.4. The molecule has 0 spiro atoms. The largest absolute Gasteiger partial charge is 0.445 e. The number of carbonyl (C=O) groups excluding carboxylic acids is 1. The number of halogens is 1. The second-order valence-corrected chi connectivity index (χ2v) is 7.13. The Morgan fingerprint density at radius 1 is 1.15 bits per heavy atom. The molecule has 6 heteroatoms. The van der Waals surface area contributed by atoms with E-state index in [-0.39, 0.29) is 31.4 Å². The van der Waals surface area contributed by atoms with Crippen LogP contribution in [0.1, 0.15) is 23.6 Å². The first-order chi connectivity index (χ1) is 12.7. The van der Waals surface area contributed by atoms with Gasteiger partial charge >= 0.3 is 6.09 Å². The lowest BCUT2D eigenvalue weighted by molar-refractivity contribution is -0.0525. The number of nitrogens with zero attached hydrogens (tertiary/aromatic N) is 1. The van der Waals surface area contributed by atoms with Gasteiger partial charge in [-0.25, -0.2) is 4.79 Å². The van der Waals surface area contributed by atoms with Crippen molar-refractivity contribution in [2.45, 2.75) is 25.1 Å². The Bertz CT molecular complexity index is 706. The van der Waals surface area contributed by atoms with Gasteiger partial charge in [-0.15, -0.1) is 0 Å². The maximum Gasteiger partial charge on any atom is 0.411 e. The number of hydrogen-bond donors (Lipinski definition) is 1. The van der Waals surface area contributed by atoms with Crippen molar-refractivity contribution in [3.63, 3.8) is 0 Å². The van der Waals surface area contributed by atoms with Gasteiger partial charge in [0.05, 0.1) is 25.3 Å². The van der Waals surface area contributed by atoms with Crippen LogP contribution in [0.2, 0.25) is 0 Å². The van der Waals surface area contributed by atoms with Crippen LogP contribution in [-0.2, 0) is 16.1 Å². The number of hydrogen-bond acceptors (Lipinski definition) is 4. The van der Waals surface area contributed by atoms with Gasteiger partial charge in [-0.2, -0.15) is 0 Å². The van der Waals surface area contributed by atoms with Gasteiger partial charge in [-0.05, 0) is 29.7 Å². The summed E-state index contributed by atoms with van der Waals surface area (Å²) < 4.78 is 12.2. The van der Waals surface area contributed by atoms with Crippen LogP contribution in [0.3, 0.4) is 0 Å². The van der Waals surface area contributed by atoms with Crippen molar-refractivity contribution in [3.05, 3.63) is 70.2 Å². The molecule has 0 aromatic heterocycles. The van der Waals surface area contributed by atoms with E-state index in [4.69, 9.17) is 9.47 Å². The van der Waals surface area contributed by atoms with E-state index >= 15 is 0 Å². The molecule has 0 saturated carbocycles. The maximum absolute atomic E-state index is 12.9. The fourth-order valence-corrected chi connectivity index (χ4v) is 3.38. The zero-order valence-corrected chi connectivity index (χ0v) is 16.0. The molecule has 1 aliphatic rings. The molecule has 5 nitrogen and oxygen atoms in total. The van der Waals surface area contributed by atoms with Crippen molar-refractivity contribution in [3.8, 4) is 0 Å². The predicted octanol–water partition coefficient (Wildman–Crippen LogP) is 3.91. The first-order valence-corrected chi connectivity index (χ1v) is 9.41. The van der Waals surface area contributed by atoms with Crippen LogP contribution < -0.4 is 0 Å². The summed E-state index contributed by atoms with van der Waals surface area (Å²) in [5.74, 6) is 0. The molecule has 0 radical (unpaired) electrons. The number of morpholine rings is 1. The Labute approximate surface area is 161 Å². The smallest absolute Gasteiger partial charge is 0.411 e. The molecule has 2 aromatic carbocycles. The highest BCUT2D eigenvalue weighted by molar-refractivity contribution is 9.10. The predicted molar refractivity (Wildman–Crippen MR) is 102 cm³/mol. The molecule has 3 rings (SSSR count). The number of ether oxygens (including phenoxy) is 2. The van der Waals surface area contributed by atoms with Crippen LogP contribution in [0.15, 0.2) is 59.1 Å². The molecule has 1 heterocycles. The van der Waals surface area contributed by atoms with Gasteiger partial charge in [0.15, 0.2) is 0 Å². The highest BCUT2D eigenvalue weighted by Gasteiger charge is 2.36. The second kappa shape index (κ2) is 9.16. The van der Waals surface area contributed by atoms with Gasteiger partial charge in [0.2, 0.25) is 0 Å². The normalized spacial score (nSPS) is 20.0. The van der Waals surface area contributed by atoms with Crippen molar-refractivity contribution in [1.29, 1.82) is 0 Å². The Balaban J connectivity index is 1.78. The molecule has 1 fully saturated rings. The summed E-state index contributed by atoms with van der Waals surface area (Å²) in [5, 5.41) is 9.38. The maximum atomic E-state index is 12.9. The van der Waals surface area contributed by atoms with Crippen molar-refractivity contribution in [1.82, 2.24) is 4.90 Å². The number of aliphatic hydroxyl groups excluding tert-OH is 1. The zero-order valence-electron chi connectivity index (χ0n) is 14.4. The number of rotatable bonds is 5. The molecular weight excluding hydrogens is 398 g/mol. The minimum atomic E-state index is -0.386. The van der Waals surface area contributed by atoms with Crippen molar-refractivity contribution < 1.29 is 19.4 Å². The number of aliphatic hydroxyl groups is 1. The SMILES string of the molecule is O=C(OCc1ccccc1)N1C(CCO)COCC1c1ccc(Br)cc1. The topological polar surface area (TPSA) is 59.0 Å². The molecule has 2 aromatic rings. The molecule has 0 aliphatic carbocycles. The summed E-state index contributed by atoms with van der Waals surface area (Å²) in [7, 11) is 0. The van der Waals surface area contributed by atoms with Crippen LogP contribution in [0.5, 0.6) is 0 Å². The molecule has 1 aliphatic heterocycles. The molecule has 1 saturated heterocycles. The Hall–Kier alpha value is -1.89. The van der Waals surface area contributed by atoms with Crippen LogP contribution in [-0.4, -0.2) is 42.0 Å². The Morgan fingerprint density at radius 3 is 2.58 bits per heavy atom. The highest BCUT2D eigenvalue weighted by atomic mass is 79.9. The lowest BCUT2D eigenvalue weighted by Gasteiger charge is -2.41. The molecule has 0 bridgehead atoms. The molecule has 1 N–H and O–H groups in total. The molecule has 26 heavy (non-hydrogen) atoms. The summed E-state index contributed by atoms with van der Waals surface area (Å²) in [6.45, 7) is 1.01. The Kier molecular flexibility index (Phi) is 6.66. The van der Waals surface area contributed by atoms with E-state index < -0.39 is 0 Å². The fourth-order valence-electron chi connectivity index (χ4n) is 3.11. The molecule has 2 atom stereocenters. The third kappa shape index (κ3) is 4.63. The first kappa shape index (κ1) is 18.9. The third-order valence-corrected chi connectivity index (χ3v) is 4.98. The second-order valence-electron chi connectivity index (χ2n) is 6.22. The van der Waals surface area contributed by atoms with Crippen LogP contribution in [0.4, 0.5) is 4.79 Å². The summed E-state index contributed by atoms with van der Waals surface area (Å²) in [6.07, 6.45) is 0.0662. The average Bonchev–Trinajstić information content (AvgIpc) is 2.68. The lowest BCUT2D eigenvalue weighted by Crippen LogP contribution is -2.51. The summed E-state index contributed by atoms with van der Waals surface area (Å²) >= 11 is 3.43. The monoisotopic (exact) mass is 419 g/mol. The van der Waals surface area contributed by atoms with E-state index in [1.54, 1.807) is 4.90 Å². The summed E-state index contributed by atoms with van der Waals surface area (Å²) in [4.78, 5) is 14.6. The third-order valence-electron chi connectivity index (χ3n) is 4.45. The van der Waals surface area contributed by atoms with E-state index in [1.807, 2.05) is 54.6 Å². The minimum absolute atomic E-state index is 0.0104. The molecule has 1 amide bonds. The quantitative estimate of drug-likeness (QED) is 0.797. The Morgan fingerprint density at radius 2 is 1.88 bits per heavy atom. The van der Waals surface area contributed by atoms with Crippen molar-refractivity contribution >= 4 is 22.0 Å². The highest BCUT2D eigenvalue weighted by Crippen LogP contribution is 2.30. The van der Waals surface area contributed by atoms with E-state index in [2.05, 4.69) is 15.9 Å². The van der Waals surface area contributed by atoms with Gasteiger partial charge in [0, 0.05) is 11.1 Å². The van der Waals surface area contributed by atoms with Crippen LogP contribution in [0.25, 0.3) is 0 Å². The number of amides is 1. The van der Waals surface area contributed by atoms with E-state index in [0.717, 1.165) is 15.6 Å². The van der Waals surface area contributed by atoms with E-state index in [1.165, 1.54) is 0 Å². The van der Waals surface area contributed by atoms with E-state index in [9.17, 15) is 9.90 Å². The van der Waals surface area contributed by atoms with Gasteiger partial charge in [-0.3, -0.25) is 4.90 Å². The van der Waals surface area contributed by atoms with Gasteiger partial charge in [0.25, 0.3) is 0 Å². The van der Waals surface area contributed by atoms with Gasteiger partial charge in [-0.1, -0.05) is 58.4 Å². The summed E-state index contributed by atoms with van der Waals surface area (Å²) in [6, 6.07) is 17.0. The molecular formula is C20H22BrNO4. The fraction of sp³-hybridized carbons (Fsp3) is 0.350. The van der Waals surface area contributed by atoms with Gasteiger partial charge < -0.3 is 14.6 Å². The lowest BCUT2D eigenvalue weighted by atomic mass is 10.0. The van der Waals surface area contributed by atoms with E-state index in [0.29, 0.717) is 19.6 Å². The standard InChI is InChI=1S/C20H22BrNO4/c21-17-8-6-16(7-9-17)19-14-25-13-18(10-11-23)22(19)20(24)26-12-15-4-2-1-3-5-15/h1-9,18-19,23H,10-14H2. The first-order valence-electron chi connectivity index (χ1n) is 8.62. The van der Waals surface area contributed by atoms with Crippen LogP contribution >= 0.6 is 15.9 Å². The summed E-state index contributed by atoms with van der Waals surface area (Å²) in [5.41, 5.74) is 1.92. The van der Waals surface area contributed by atoms with Crippen molar-refractivity contribution in [2.75, 3.05) is 19.8 Å². The molecule has 138 valence electrons. The molecule has 2 unspecified atom stereocenters. The average molecular weight is 420 g/mol.